The Balaban J connectivity index is 0. The Morgan fingerprint density at radius 3 is 2.27 bits per heavy atom. The van der Waals surface area contributed by atoms with Gasteiger partial charge in [0.25, 0.3) is 0 Å². The van der Waals surface area contributed by atoms with E-state index in [1.54, 1.807) is 6.08 Å². The van der Waals surface area contributed by atoms with Gasteiger partial charge in [0, 0.05) is 10.2 Å². The topological polar surface area (TPSA) is 26.0 Å². The predicted octanol–water partition coefficient (Wildman–Crippen LogP) is 3.56. The van der Waals surface area contributed by atoms with E-state index < -0.39 is 0 Å². The van der Waals surface area contributed by atoms with E-state index in [-0.39, 0.29) is 0 Å². The highest BCUT2D eigenvalue weighted by molar-refractivity contribution is 9.11. The molecular formula is C9H18BrN. The predicted molar refractivity (Wildman–Crippen MR) is 56.6 cm³/mol. The molecule has 0 bridgehead atoms. The summed E-state index contributed by atoms with van der Waals surface area (Å²) < 4.78 is 1.06. The molecule has 2 heteroatoms. The first-order valence-corrected chi connectivity index (χ1v) is 4.78. The third kappa shape index (κ3) is 7.66. The molecule has 0 spiro atoms. The molecule has 0 saturated heterocycles. The van der Waals surface area contributed by atoms with Gasteiger partial charge >= 0.3 is 0 Å². The molecule has 0 aliphatic heterocycles. The van der Waals surface area contributed by atoms with Gasteiger partial charge in [-0.25, -0.2) is 0 Å². The smallest absolute Gasteiger partial charge is 0.0410 e. The lowest BCUT2D eigenvalue weighted by Gasteiger charge is -1.97. The average Bonchev–Trinajstić information content (AvgIpc) is 2.07. The third-order valence-corrected chi connectivity index (χ3v) is 1.86. The van der Waals surface area contributed by atoms with Crippen molar-refractivity contribution in [2.24, 2.45) is 5.73 Å². The van der Waals surface area contributed by atoms with Crippen LogP contribution in [0.2, 0.25) is 0 Å². The van der Waals surface area contributed by atoms with Crippen molar-refractivity contribution in [3.63, 3.8) is 0 Å². The van der Waals surface area contributed by atoms with Gasteiger partial charge in [-0.15, -0.1) is 0 Å². The van der Waals surface area contributed by atoms with E-state index in [0.29, 0.717) is 0 Å². The van der Waals surface area contributed by atoms with E-state index >= 15 is 0 Å². The van der Waals surface area contributed by atoms with Crippen LogP contribution in [0, 0.1) is 0 Å². The highest BCUT2D eigenvalue weighted by Gasteiger charge is 1.92. The Kier molecular flexibility index (Phi) is 11.9. The summed E-state index contributed by atoms with van der Waals surface area (Å²) in [6, 6.07) is 0. The quantitative estimate of drug-likeness (QED) is 0.723. The summed E-state index contributed by atoms with van der Waals surface area (Å²) in [5, 5.41) is 0. The maximum Gasteiger partial charge on any atom is 0.0410 e. The fraction of sp³-hybridized carbons (Fsp3) is 0.556. The van der Waals surface area contributed by atoms with Crippen molar-refractivity contribution in [3.05, 3.63) is 22.8 Å². The molecule has 0 unspecified atom stereocenters. The molecule has 0 aromatic rings. The zero-order chi connectivity index (χ0) is 9.28. The number of nitrogens with two attached hydrogens (primary N) is 1. The minimum absolute atomic E-state index is 0.747. The van der Waals surface area contributed by atoms with Crippen molar-refractivity contribution < 1.29 is 0 Å². The van der Waals surface area contributed by atoms with E-state index in [4.69, 9.17) is 5.73 Å². The Morgan fingerprint density at radius 2 is 2.00 bits per heavy atom. The number of rotatable bonds is 3. The summed E-state index contributed by atoms with van der Waals surface area (Å²) in [6.45, 7) is 9.66. The Labute approximate surface area is 78.5 Å². The molecule has 1 nitrogen and oxygen atoms in total. The molecule has 0 radical (unpaired) electrons. The molecule has 0 heterocycles. The summed E-state index contributed by atoms with van der Waals surface area (Å²) in [5.41, 5.74) is 6.26. The zero-order valence-electron chi connectivity index (χ0n) is 7.65. The van der Waals surface area contributed by atoms with Gasteiger partial charge in [-0.3, -0.25) is 0 Å². The lowest BCUT2D eigenvalue weighted by Crippen LogP contribution is -1.94. The van der Waals surface area contributed by atoms with Crippen LogP contribution in [0.4, 0.5) is 0 Å². The number of allylic oxidation sites excluding steroid dienone is 2. The van der Waals surface area contributed by atoms with Crippen LogP contribution in [-0.4, -0.2) is 0 Å². The van der Waals surface area contributed by atoms with Crippen LogP contribution in [0.25, 0.3) is 0 Å². The van der Waals surface area contributed by atoms with Crippen LogP contribution < -0.4 is 5.73 Å². The number of halogens is 1. The Morgan fingerprint density at radius 1 is 1.55 bits per heavy atom. The molecule has 0 aliphatic carbocycles. The molecule has 11 heavy (non-hydrogen) atoms. The van der Waals surface area contributed by atoms with Crippen LogP contribution in [0.3, 0.4) is 0 Å². The highest BCUT2D eigenvalue weighted by Crippen LogP contribution is 2.14. The van der Waals surface area contributed by atoms with Gasteiger partial charge in [-0.2, -0.15) is 0 Å². The SMILES string of the molecule is C=C/C(N)=C(/Br)CCC.CC. The highest BCUT2D eigenvalue weighted by atomic mass is 79.9. The first kappa shape index (κ1) is 13.4. The minimum atomic E-state index is 0.747. The lowest BCUT2D eigenvalue weighted by atomic mass is 10.3. The Bertz CT molecular complexity index is 128. The summed E-state index contributed by atoms with van der Waals surface area (Å²) in [4.78, 5) is 0. The first-order chi connectivity index (χ1) is 5.22. The summed E-state index contributed by atoms with van der Waals surface area (Å²) in [7, 11) is 0. The van der Waals surface area contributed by atoms with Gasteiger partial charge in [-0.1, -0.05) is 49.7 Å². The summed E-state index contributed by atoms with van der Waals surface area (Å²) in [5.74, 6) is 0. The van der Waals surface area contributed by atoms with Crippen molar-refractivity contribution in [3.8, 4) is 0 Å². The lowest BCUT2D eigenvalue weighted by molar-refractivity contribution is 0.941. The summed E-state index contributed by atoms with van der Waals surface area (Å²) >= 11 is 3.35. The van der Waals surface area contributed by atoms with Gasteiger partial charge < -0.3 is 5.73 Å². The second-order valence-electron chi connectivity index (χ2n) is 1.81. The van der Waals surface area contributed by atoms with E-state index in [0.717, 1.165) is 23.0 Å². The van der Waals surface area contributed by atoms with Crippen LogP contribution >= 0.6 is 15.9 Å². The van der Waals surface area contributed by atoms with E-state index in [9.17, 15) is 0 Å². The number of hydrogen-bond donors (Lipinski definition) is 1. The largest absolute Gasteiger partial charge is 0.398 e. The van der Waals surface area contributed by atoms with Gasteiger partial charge in [0.05, 0.1) is 0 Å². The molecule has 0 aliphatic rings. The normalized spacial score (nSPS) is 10.9. The van der Waals surface area contributed by atoms with Crippen LogP contribution in [0.15, 0.2) is 22.8 Å². The standard InChI is InChI=1S/C7H12BrN.C2H6/c1-3-5-6(8)7(9)4-2;1-2/h4H,2-3,5,9H2,1H3;1-2H3/b7-6-;. The molecule has 66 valence electrons. The van der Waals surface area contributed by atoms with Crippen LogP contribution in [0.5, 0.6) is 0 Å². The maximum atomic E-state index is 5.52. The fourth-order valence-electron chi connectivity index (χ4n) is 0.475. The van der Waals surface area contributed by atoms with Gasteiger partial charge in [-0.05, 0) is 12.5 Å². The molecule has 0 aromatic carbocycles. The zero-order valence-corrected chi connectivity index (χ0v) is 9.24. The molecular weight excluding hydrogens is 202 g/mol. The molecule has 0 saturated carbocycles. The van der Waals surface area contributed by atoms with Crippen molar-refractivity contribution in [1.29, 1.82) is 0 Å². The van der Waals surface area contributed by atoms with Crippen LogP contribution in [0.1, 0.15) is 33.6 Å². The number of hydrogen-bond acceptors (Lipinski definition) is 1. The third-order valence-electron chi connectivity index (χ3n) is 1.00. The Hall–Kier alpha value is -0.240. The molecule has 0 atom stereocenters. The monoisotopic (exact) mass is 219 g/mol. The minimum Gasteiger partial charge on any atom is -0.398 e. The van der Waals surface area contributed by atoms with E-state index in [2.05, 4.69) is 29.4 Å². The van der Waals surface area contributed by atoms with E-state index in [1.807, 2.05) is 13.8 Å². The molecule has 0 fully saturated rings. The first-order valence-electron chi connectivity index (χ1n) is 3.99. The summed E-state index contributed by atoms with van der Waals surface area (Å²) in [6.07, 6.45) is 3.76. The van der Waals surface area contributed by atoms with Crippen molar-refractivity contribution >= 4 is 15.9 Å². The molecule has 0 rings (SSSR count). The van der Waals surface area contributed by atoms with Gasteiger partial charge in [0.15, 0.2) is 0 Å². The molecule has 0 amide bonds. The maximum absolute atomic E-state index is 5.52. The van der Waals surface area contributed by atoms with E-state index in [1.165, 1.54) is 0 Å². The van der Waals surface area contributed by atoms with Crippen molar-refractivity contribution in [2.75, 3.05) is 0 Å². The fourth-order valence-corrected chi connectivity index (χ4v) is 1.03. The molecule has 0 aromatic heterocycles. The molecule has 2 N–H and O–H groups in total. The average molecular weight is 220 g/mol. The van der Waals surface area contributed by atoms with Gasteiger partial charge in [0.2, 0.25) is 0 Å². The second kappa shape index (κ2) is 9.76. The van der Waals surface area contributed by atoms with Crippen molar-refractivity contribution in [2.45, 2.75) is 33.6 Å². The van der Waals surface area contributed by atoms with Crippen LogP contribution in [-0.2, 0) is 0 Å². The van der Waals surface area contributed by atoms with Gasteiger partial charge in [0.1, 0.15) is 0 Å². The van der Waals surface area contributed by atoms with Crippen molar-refractivity contribution in [1.82, 2.24) is 0 Å². The second-order valence-corrected chi connectivity index (χ2v) is 2.77.